The molecule has 0 bridgehead atoms. The van der Waals surface area contributed by atoms with Gasteiger partial charge in [-0.05, 0) is 17.0 Å². The van der Waals surface area contributed by atoms with Crippen molar-refractivity contribution in [3.63, 3.8) is 0 Å². The minimum atomic E-state index is -4.21. The number of Topliss-reactive ketones (excluding diaryl/α,β-unsaturated/α-hetero) is 1. The van der Waals surface area contributed by atoms with Crippen LogP contribution in [0.3, 0.4) is 0 Å². The molecular formula is C19H18F2O3. The molecule has 0 spiro atoms. The van der Waals surface area contributed by atoms with Crippen molar-refractivity contribution >= 4 is 11.8 Å². The van der Waals surface area contributed by atoms with E-state index in [9.17, 15) is 18.4 Å². The number of halogens is 2. The van der Waals surface area contributed by atoms with Gasteiger partial charge in [-0.3, -0.25) is 4.79 Å². The molecule has 0 aliphatic carbocycles. The minimum Gasteiger partial charge on any atom is -0.456 e. The highest BCUT2D eigenvalue weighted by molar-refractivity contribution is 6.13. The molecule has 126 valence electrons. The van der Waals surface area contributed by atoms with Crippen LogP contribution in [0, 0.1) is 0 Å². The van der Waals surface area contributed by atoms with Crippen molar-refractivity contribution in [1.82, 2.24) is 0 Å². The minimum absolute atomic E-state index is 0.159. The van der Waals surface area contributed by atoms with Gasteiger partial charge in [0.1, 0.15) is 6.61 Å². The van der Waals surface area contributed by atoms with Crippen LogP contribution in [0.4, 0.5) is 8.78 Å². The van der Waals surface area contributed by atoms with Gasteiger partial charge in [-0.1, -0.05) is 68.4 Å². The molecule has 3 nitrogen and oxygen atoms in total. The molecule has 0 saturated carbocycles. The van der Waals surface area contributed by atoms with E-state index in [1.165, 1.54) is 24.3 Å². The number of alkyl halides is 2. The summed E-state index contributed by atoms with van der Waals surface area (Å²) in [5.74, 6) is -7.46. The first-order valence-electron chi connectivity index (χ1n) is 7.56. The molecule has 2 aromatic rings. The lowest BCUT2D eigenvalue weighted by molar-refractivity contribution is -0.166. The van der Waals surface area contributed by atoms with Crippen molar-refractivity contribution in [3.05, 3.63) is 71.3 Å². The zero-order chi connectivity index (χ0) is 17.7. The summed E-state index contributed by atoms with van der Waals surface area (Å²) in [5, 5.41) is 0. The number of esters is 1. The number of carbonyl (C=O) groups is 2. The van der Waals surface area contributed by atoms with Crippen molar-refractivity contribution in [1.29, 1.82) is 0 Å². The second-order valence-electron chi connectivity index (χ2n) is 5.70. The molecule has 0 saturated heterocycles. The molecule has 0 fully saturated rings. The largest absolute Gasteiger partial charge is 0.456 e. The first kappa shape index (κ1) is 17.8. The van der Waals surface area contributed by atoms with Crippen LogP contribution in [0.25, 0.3) is 0 Å². The van der Waals surface area contributed by atoms with Crippen LogP contribution in [0.2, 0.25) is 0 Å². The standard InChI is InChI=1S/C19H18F2O3/c1-13(2)16-11-7-6-10-15(16)12-24-18(23)19(20,21)17(22)14-8-4-3-5-9-14/h3-11,13H,12H2,1-2H3. The van der Waals surface area contributed by atoms with Crippen LogP contribution in [-0.4, -0.2) is 17.7 Å². The maximum absolute atomic E-state index is 14.0. The molecule has 24 heavy (non-hydrogen) atoms. The lowest BCUT2D eigenvalue weighted by Gasteiger charge is -2.16. The Balaban J connectivity index is 2.11. The third kappa shape index (κ3) is 3.85. The maximum atomic E-state index is 14.0. The van der Waals surface area contributed by atoms with E-state index < -0.39 is 17.7 Å². The molecule has 2 aromatic carbocycles. The number of ketones is 1. The average molecular weight is 332 g/mol. The van der Waals surface area contributed by atoms with Crippen LogP contribution in [0.1, 0.15) is 41.3 Å². The number of carbonyl (C=O) groups excluding carboxylic acids is 2. The van der Waals surface area contributed by atoms with Gasteiger partial charge in [-0.15, -0.1) is 0 Å². The highest BCUT2D eigenvalue weighted by Crippen LogP contribution is 2.24. The van der Waals surface area contributed by atoms with E-state index in [-0.39, 0.29) is 18.1 Å². The second kappa shape index (κ2) is 7.34. The molecule has 0 heterocycles. The van der Waals surface area contributed by atoms with Crippen molar-refractivity contribution in [2.45, 2.75) is 32.3 Å². The van der Waals surface area contributed by atoms with Crippen LogP contribution in [0.5, 0.6) is 0 Å². The summed E-state index contributed by atoms with van der Waals surface area (Å²) < 4.78 is 32.8. The van der Waals surface area contributed by atoms with E-state index in [0.717, 1.165) is 5.56 Å². The second-order valence-corrected chi connectivity index (χ2v) is 5.70. The highest BCUT2D eigenvalue weighted by Gasteiger charge is 2.49. The van der Waals surface area contributed by atoms with Crippen molar-refractivity contribution in [2.24, 2.45) is 0 Å². The summed E-state index contributed by atoms with van der Waals surface area (Å²) in [6.07, 6.45) is 0. The van der Waals surface area contributed by atoms with E-state index in [1.807, 2.05) is 26.0 Å². The van der Waals surface area contributed by atoms with Gasteiger partial charge in [0, 0.05) is 5.56 Å². The third-order valence-electron chi connectivity index (χ3n) is 3.61. The quantitative estimate of drug-likeness (QED) is 0.448. The SMILES string of the molecule is CC(C)c1ccccc1COC(=O)C(F)(F)C(=O)c1ccccc1. The Bertz CT molecular complexity index is 724. The highest BCUT2D eigenvalue weighted by atomic mass is 19.3. The van der Waals surface area contributed by atoms with E-state index in [2.05, 4.69) is 0 Å². The molecule has 0 atom stereocenters. The Kier molecular flexibility index (Phi) is 5.44. The summed E-state index contributed by atoms with van der Waals surface area (Å²) in [5.41, 5.74) is 1.31. The Morgan fingerprint density at radius 3 is 2.21 bits per heavy atom. The first-order chi connectivity index (χ1) is 11.3. The predicted molar refractivity (Wildman–Crippen MR) is 86.0 cm³/mol. The smallest absolute Gasteiger partial charge is 0.404 e. The monoisotopic (exact) mass is 332 g/mol. The molecule has 0 aliphatic heterocycles. The molecule has 0 aromatic heterocycles. The number of hydrogen-bond donors (Lipinski definition) is 0. The van der Waals surface area contributed by atoms with E-state index in [1.54, 1.807) is 18.2 Å². The first-order valence-corrected chi connectivity index (χ1v) is 7.56. The fourth-order valence-corrected chi connectivity index (χ4v) is 2.33. The van der Waals surface area contributed by atoms with E-state index in [0.29, 0.717) is 5.56 Å². The Morgan fingerprint density at radius 2 is 1.58 bits per heavy atom. The molecule has 2 rings (SSSR count). The maximum Gasteiger partial charge on any atom is 0.404 e. The molecular weight excluding hydrogens is 314 g/mol. The molecule has 0 N–H and O–H groups in total. The van der Waals surface area contributed by atoms with Gasteiger partial charge in [0.2, 0.25) is 5.78 Å². The van der Waals surface area contributed by atoms with Crippen LogP contribution in [0.15, 0.2) is 54.6 Å². The van der Waals surface area contributed by atoms with E-state index in [4.69, 9.17) is 4.74 Å². The van der Waals surface area contributed by atoms with E-state index >= 15 is 0 Å². The fraction of sp³-hybridized carbons (Fsp3) is 0.263. The number of hydrogen-bond acceptors (Lipinski definition) is 3. The van der Waals surface area contributed by atoms with Gasteiger partial charge in [0.05, 0.1) is 0 Å². The molecule has 0 aliphatic rings. The lowest BCUT2D eigenvalue weighted by atomic mass is 9.98. The normalized spacial score (nSPS) is 11.4. The van der Waals surface area contributed by atoms with Gasteiger partial charge < -0.3 is 4.74 Å². The predicted octanol–water partition coefficient (Wildman–Crippen LogP) is 4.37. The number of benzene rings is 2. The van der Waals surface area contributed by atoms with Crippen molar-refractivity contribution in [3.8, 4) is 0 Å². The Morgan fingerprint density at radius 1 is 1.00 bits per heavy atom. The number of rotatable bonds is 6. The molecule has 5 heteroatoms. The van der Waals surface area contributed by atoms with Gasteiger partial charge in [-0.25, -0.2) is 4.79 Å². The van der Waals surface area contributed by atoms with Gasteiger partial charge >= 0.3 is 11.9 Å². The topological polar surface area (TPSA) is 43.4 Å². The molecule has 0 unspecified atom stereocenters. The fourth-order valence-electron chi connectivity index (χ4n) is 2.33. The van der Waals surface area contributed by atoms with Crippen molar-refractivity contribution < 1.29 is 23.1 Å². The lowest BCUT2D eigenvalue weighted by Crippen LogP contribution is -2.39. The van der Waals surface area contributed by atoms with Gasteiger partial charge in [0.15, 0.2) is 0 Å². The summed E-state index contributed by atoms with van der Waals surface area (Å²) in [6.45, 7) is 3.60. The Labute approximate surface area is 139 Å². The summed E-state index contributed by atoms with van der Waals surface area (Å²) in [6, 6.07) is 14.1. The summed E-state index contributed by atoms with van der Waals surface area (Å²) >= 11 is 0. The average Bonchev–Trinajstić information content (AvgIpc) is 2.59. The third-order valence-corrected chi connectivity index (χ3v) is 3.61. The zero-order valence-electron chi connectivity index (χ0n) is 13.5. The van der Waals surface area contributed by atoms with Crippen LogP contribution >= 0.6 is 0 Å². The molecule has 0 amide bonds. The Hall–Kier alpha value is -2.56. The summed E-state index contributed by atoms with van der Waals surface area (Å²) in [4.78, 5) is 23.6. The zero-order valence-corrected chi connectivity index (χ0v) is 13.5. The van der Waals surface area contributed by atoms with Crippen molar-refractivity contribution in [2.75, 3.05) is 0 Å². The van der Waals surface area contributed by atoms with Gasteiger partial charge in [-0.2, -0.15) is 8.78 Å². The van der Waals surface area contributed by atoms with Crippen LogP contribution in [-0.2, 0) is 16.1 Å². The number of ether oxygens (including phenoxy) is 1. The van der Waals surface area contributed by atoms with Crippen LogP contribution < -0.4 is 0 Å². The summed E-state index contributed by atoms with van der Waals surface area (Å²) in [7, 11) is 0. The molecule has 0 radical (unpaired) electrons. The van der Waals surface area contributed by atoms with Gasteiger partial charge in [0.25, 0.3) is 0 Å².